The quantitative estimate of drug-likeness (QED) is 0.310. The second-order valence-corrected chi connectivity index (χ2v) is 12.9. The molecule has 4 atom stereocenters. The second kappa shape index (κ2) is 8.38. The molecule has 0 saturated carbocycles. The van der Waals surface area contributed by atoms with E-state index in [0.717, 1.165) is 22.6 Å². The molecule has 192 valence electrons. The summed E-state index contributed by atoms with van der Waals surface area (Å²) in [6.07, 6.45) is 0.563. The fraction of sp³-hybridized carbons (Fsp3) is 0.500. The summed E-state index contributed by atoms with van der Waals surface area (Å²) in [7, 11) is 0. The van der Waals surface area contributed by atoms with Crippen LogP contribution in [0.5, 0.6) is 11.5 Å². The van der Waals surface area contributed by atoms with Crippen LogP contribution in [-0.4, -0.2) is 34.3 Å². The molecule has 0 unspecified atom stereocenters. The number of hydrogen-bond acceptors (Lipinski definition) is 6. The zero-order valence-electron chi connectivity index (χ0n) is 21.2. The van der Waals surface area contributed by atoms with Gasteiger partial charge in [-0.3, -0.25) is 9.59 Å². The standard InChI is InChI=1S/2C14H15BrO3/c2*1-8-4-5-10-9(6-8)12(15)14(17-10)7-11(16)13(2,3)18-14/h2*4-6,12H,7H2,1-3H3/t2*12-,14+/m11/s1. The molecular weight excluding hydrogens is 592 g/mol. The number of Topliss-reactive ketones (excluding diaryl/α,β-unsaturated/α-hetero) is 2. The summed E-state index contributed by atoms with van der Waals surface area (Å²) in [6, 6.07) is 12.0. The maximum Gasteiger partial charge on any atom is 0.235 e. The molecule has 0 amide bonds. The molecule has 2 aromatic rings. The predicted molar refractivity (Wildman–Crippen MR) is 142 cm³/mol. The average molecular weight is 622 g/mol. The number of halogens is 2. The number of ketones is 2. The third-order valence-corrected chi connectivity index (χ3v) is 9.61. The van der Waals surface area contributed by atoms with E-state index in [-0.39, 0.29) is 34.1 Å². The Bertz CT molecular complexity index is 1170. The van der Waals surface area contributed by atoms with Crippen LogP contribution in [0, 0.1) is 13.8 Å². The maximum absolute atomic E-state index is 12.0. The topological polar surface area (TPSA) is 71.1 Å². The lowest BCUT2D eigenvalue weighted by Gasteiger charge is -2.28. The second-order valence-electron chi connectivity index (χ2n) is 11.1. The van der Waals surface area contributed by atoms with Crippen LogP contribution in [0.1, 0.15) is 72.4 Å². The average Bonchev–Trinajstić information content (AvgIpc) is 3.37. The van der Waals surface area contributed by atoms with E-state index in [9.17, 15) is 9.59 Å². The first kappa shape index (κ1) is 25.9. The van der Waals surface area contributed by atoms with Gasteiger partial charge in [-0.1, -0.05) is 67.3 Å². The van der Waals surface area contributed by atoms with Crippen LogP contribution in [0.15, 0.2) is 36.4 Å². The summed E-state index contributed by atoms with van der Waals surface area (Å²) < 4.78 is 23.7. The highest BCUT2D eigenvalue weighted by molar-refractivity contribution is 9.09. The lowest BCUT2D eigenvalue weighted by Crippen LogP contribution is -2.38. The first-order valence-electron chi connectivity index (χ1n) is 12.0. The molecule has 4 aliphatic heterocycles. The molecular formula is C28H30Br2O6. The van der Waals surface area contributed by atoms with Crippen molar-refractivity contribution in [3.63, 3.8) is 0 Å². The predicted octanol–water partition coefficient (Wildman–Crippen LogP) is 6.58. The summed E-state index contributed by atoms with van der Waals surface area (Å²) in [6.45, 7) is 11.2. The third kappa shape index (κ3) is 4.05. The molecule has 0 aliphatic carbocycles. The number of alkyl halides is 2. The summed E-state index contributed by atoms with van der Waals surface area (Å²) >= 11 is 7.26. The molecule has 6 rings (SSSR count). The third-order valence-electron chi connectivity index (χ3n) is 7.23. The van der Waals surface area contributed by atoms with Gasteiger partial charge in [-0.2, -0.15) is 0 Å². The van der Waals surface area contributed by atoms with E-state index in [1.807, 2.05) is 38.1 Å². The Labute approximate surface area is 228 Å². The largest absolute Gasteiger partial charge is 0.460 e. The number of benzene rings is 2. The van der Waals surface area contributed by atoms with Crippen molar-refractivity contribution in [2.24, 2.45) is 0 Å². The van der Waals surface area contributed by atoms with Gasteiger partial charge in [0, 0.05) is 11.1 Å². The molecule has 2 spiro atoms. The van der Waals surface area contributed by atoms with Crippen molar-refractivity contribution < 1.29 is 28.5 Å². The normalized spacial score (nSPS) is 32.7. The van der Waals surface area contributed by atoms with Gasteiger partial charge < -0.3 is 18.9 Å². The van der Waals surface area contributed by atoms with Crippen molar-refractivity contribution in [1.29, 1.82) is 0 Å². The number of carbonyl (C=O) groups excluding carboxylic acids is 2. The number of aryl methyl sites for hydroxylation is 2. The SMILES string of the molecule is Cc1ccc2c(c1)[C@@H](Br)[C@@]1(CC(=O)C(C)(C)O1)O2.Cc1ccc2c(c1)[C@@H](Br)[C@@]1(CC(=O)C(C)(C)O1)O2. The molecule has 4 heterocycles. The number of fused-ring (bicyclic) bond motifs is 2. The Balaban J connectivity index is 0.000000148. The van der Waals surface area contributed by atoms with Crippen molar-refractivity contribution in [2.75, 3.05) is 0 Å². The molecule has 6 nitrogen and oxygen atoms in total. The molecule has 2 aromatic carbocycles. The first-order chi connectivity index (χ1) is 16.7. The lowest BCUT2D eigenvalue weighted by atomic mass is 9.99. The zero-order chi connectivity index (χ0) is 26.3. The van der Waals surface area contributed by atoms with E-state index < -0.39 is 22.8 Å². The van der Waals surface area contributed by atoms with Crippen LogP contribution in [-0.2, 0) is 19.1 Å². The van der Waals surface area contributed by atoms with Crippen LogP contribution in [0.2, 0.25) is 0 Å². The smallest absolute Gasteiger partial charge is 0.235 e. The van der Waals surface area contributed by atoms with Gasteiger partial charge in [0.25, 0.3) is 0 Å². The van der Waals surface area contributed by atoms with Crippen molar-refractivity contribution in [2.45, 2.75) is 86.8 Å². The molecule has 4 aliphatic rings. The minimum Gasteiger partial charge on any atom is -0.460 e. The fourth-order valence-corrected chi connectivity index (χ4v) is 6.60. The summed E-state index contributed by atoms with van der Waals surface area (Å²) in [5, 5.41) is 0. The van der Waals surface area contributed by atoms with E-state index >= 15 is 0 Å². The van der Waals surface area contributed by atoms with Crippen molar-refractivity contribution in [1.82, 2.24) is 0 Å². The highest BCUT2D eigenvalue weighted by Gasteiger charge is 2.61. The van der Waals surface area contributed by atoms with Gasteiger partial charge in [-0.15, -0.1) is 0 Å². The lowest BCUT2D eigenvalue weighted by molar-refractivity contribution is -0.186. The Kier molecular flexibility index (Phi) is 6.03. The maximum atomic E-state index is 12.0. The van der Waals surface area contributed by atoms with Gasteiger partial charge in [0.2, 0.25) is 11.6 Å². The molecule has 0 N–H and O–H groups in total. The Morgan fingerprint density at radius 1 is 0.694 bits per heavy atom. The van der Waals surface area contributed by atoms with Crippen LogP contribution >= 0.6 is 31.9 Å². The van der Waals surface area contributed by atoms with Crippen LogP contribution in [0.4, 0.5) is 0 Å². The van der Waals surface area contributed by atoms with Gasteiger partial charge >= 0.3 is 0 Å². The van der Waals surface area contributed by atoms with Gasteiger partial charge in [-0.05, 0) is 53.7 Å². The first-order valence-corrected chi connectivity index (χ1v) is 13.9. The number of carbonyl (C=O) groups is 2. The summed E-state index contributed by atoms with van der Waals surface area (Å²) in [5.41, 5.74) is 2.90. The zero-order valence-corrected chi connectivity index (χ0v) is 24.4. The van der Waals surface area contributed by atoms with Gasteiger partial charge in [0.1, 0.15) is 32.4 Å². The number of rotatable bonds is 0. The van der Waals surface area contributed by atoms with E-state index in [2.05, 4.69) is 44.0 Å². The van der Waals surface area contributed by atoms with Gasteiger partial charge in [0.15, 0.2) is 11.6 Å². The van der Waals surface area contributed by atoms with Crippen molar-refractivity contribution in [3.8, 4) is 11.5 Å². The van der Waals surface area contributed by atoms with Crippen LogP contribution in [0.25, 0.3) is 0 Å². The highest BCUT2D eigenvalue weighted by atomic mass is 79.9. The van der Waals surface area contributed by atoms with E-state index in [1.165, 1.54) is 11.1 Å². The summed E-state index contributed by atoms with van der Waals surface area (Å²) in [5.74, 6) is 0.00172. The van der Waals surface area contributed by atoms with Gasteiger partial charge in [0.05, 0.1) is 12.8 Å². The molecule has 36 heavy (non-hydrogen) atoms. The molecule has 2 fully saturated rings. The Morgan fingerprint density at radius 2 is 1.06 bits per heavy atom. The van der Waals surface area contributed by atoms with Crippen LogP contribution < -0.4 is 9.47 Å². The van der Waals surface area contributed by atoms with Crippen LogP contribution in [0.3, 0.4) is 0 Å². The molecule has 8 heteroatoms. The minimum absolute atomic E-state index is 0.0801. The molecule has 0 aromatic heterocycles. The molecule has 0 radical (unpaired) electrons. The monoisotopic (exact) mass is 620 g/mol. The van der Waals surface area contributed by atoms with Crippen molar-refractivity contribution in [3.05, 3.63) is 58.7 Å². The Hall–Kier alpha value is -1.74. The number of ether oxygens (including phenoxy) is 4. The van der Waals surface area contributed by atoms with Gasteiger partial charge in [-0.25, -0.2) is 0 Å². The van der Waals surface area contributed by atoms with E-state index in [1.54, 1.807) is 27.7 Å². The Morgan fingerprint density at radius 3 is 1.36 bits per heavy atom. The molecule has 0 bridgehead atoms. The molecule has 2 saturated heterocycles. The van der Waals surface area contributed by atoms with Crippen molar-refractivity contribution >= 4 is 43.4 Å². The van der Waals surface area contributed by atoms with E-state index in [0.29, 0.717) is 0 Å². The number of hydrogen-bond donors (Lipinski definition) is 0. The van der Waals surface area contributed by atoms with E-state index in [4.69, 9.17) is 18.9 Å². The fourth-order valence-electron chi connectivity index (χ4n) is 5.19. The summed E-state index contributed by atoms with van der Waals surface area (Å²) in [4.78, 5) is 23.8. The highest BCUT2D eigenvalue weighted by Crippen LogP contribution is 2.56. The minimum atomic E-state index is -0.878.